The molecule has 0 fully saturated rings. The van der Waals surface area contributed by atoms with Gasteiger partial charge in [-0.3, -0.25) is 0 Å². The number of ether oxygens (including phenoxy) is 1. The van der Waals surface area contributed by atoms with Gasteiger partial charge in [-0.2, -0.15) is 0 Å². The molecular weight excluding hydrogens is 170 g/mol. The molecule has 3 heterocycles. The van der Waals surface area contributed by atoms with Crippen LogP contribution in [-0.2, 0) is 4.74 Å². The lowest BCUT2D eigenvalue weighted by Crippen LogP contribution is -2.09. The fourth-order valence-electron chi connectivity index (χ4n) is 1.58. The van der Waals surface area contributed by atoms with Crippen molar-refractivity contribution in [2.75, 3.05) is 0 Å². The van der Waals surface area contributed by atoms with Gasteiger partial charge in [0, 0.05) is 11.1 Å². The summed E-state index contributed by atoms with van der Waals surface area (Å²) in [5.41, 5.74) is 2.07. The Bertz CT molecular complexity index is 450. The zero-order valence-corrected chi connectivity index (χ0v) is 6.52. The van der Waals surface area contributed by atoms with Crippen molar-refractivity contribution in [3.8, 4) is 0 Å². The van der Waals surface area contributed by atoms with Crippen LogP contribution in [0.1, 0.15) is 27.7 Å². The highest BCUT2D eigenvalue weighted by Crippen LogP contribution is 2.40. The van der Waals surface area contributed by atoms with E-state index in [9.17, 15) is 4.79 Å². The third kappa shape index (κ3) is 0.697. The Balaban J connectivity index is 2.18. The van der Waals surface area contributed by atoms with Crippen molar-refractivity contribution in [3.05, 3.63) is 34.9 Å². The molecule has 0 aliphatic carbocycles. The molecule has 4 nitrogen and oxygen atoms in total. The maximum Gasteiger partial charge on any atom is 0.335 e. The minimum absolute atomic E-state index is 0.173. The average Bonchev–Trinajstić information content (AvgIpc) is 2.53. The molecule has 0 radical (unpaired) electrons. The zero-order valence-electron chi connectivity index (χ0n) is 6.52. The molecule has 4 heteroatoms. The highest BCUT2D eigenvalue weighted by atomic mass is 16.5. The minimum Gasteiger partial charge on any atom is -0.478 e. The monoisotopic (exact) mass is 175 g/mol. The van der Waals surface area contributed by atoms with Crippen LogP contribution in [0.15, 0.2) is 23.2 Å². The molecule has 3 aliphatic heterocycles. The highest BCUT2D eigenvalue weighted by Gasteiger charge is 2.38. The average molecular weight is 175 g/mol. The topological polar surface area (TPSA) is 58.9 Å². The Morgan fingerprint density at radius 3 is 3.00 bits per heavy atom. The smallest absolute Gasteiger partial charge is 0.335 e. The van der Waals surface area contributed by atoms with Crippen molar-refractivity contribution in [1.29, 1.82) is 0 Å². The Labute approximate surface area is 73.5 Å². The first-order valence-corrected chi connectivity index (χ1v) is 3.88. The number of carboxylic acids is 1. The molecule has 2 bridgehead atoms. The SMILES string of the molecule is O=C(O)c1ccc2c(c1)C1=NC2O1. The third-order valence-electron chi connectivity index (χ3n) is 2.25. The second kappa shape index (κ2) is 1.90. The molecule has 0 saturated carbocycles. The molecule has 4 rings (SSSR count). The van der Waals surface area contributed by atoms with Gasteiger partial charge in [-0.15, -0.1) is 0 Å². The predicted molar refractivity (Wildman–Crippen MR) is 43.8 cm³/mol. The van der Waals surface area contributed by atoms with E-state index in [4.69, 9.17) is 9.84 Å². The van der Waals surface area contributed by atoms with Gasteiger partial charge in [0.05, 0.1) is 5.56 Å². The van der Waals surface area contributed by atoms with Crippen LogP contribution in [0.3, 0.4) is 0 Å². The first-order chi connectivity index (χ1) is 6.25. The van der Waals surface area contributed by atoms with Crippen LogP contribution >= 0.6 is 0 Å². The van der Waals surface area contributed by atoms with E-state index in [1.165, 1.54) is 0 Å². The van der Waals surface area contributed by atoms with Crippen LogP contribution in [-0.4, -0.2) is 17.0 Å². The molecule has 1 aromatic rings. The second-order valence-corrected chi connectivity index (χ2v) is 3.01. The number of hydrogen-bond donors (Lipinski definition) is 1. The van der Waals surface area contributed by atoms with Crippen LogP contribution in [0, 0.1) is 0 Å². The maximum atomic E-state index is 10.6. The molecular formula is C9H5NO3. The largest absolute Gasteiger partial charge is 0.478 e. The summed E-state index contributed by atoms with van der Waals surface area (Å²) in [5, 5.41) is 8.74. The molecule has 1 atom stereocenters. The van der Waals surface area contributed by atoms with E-state index in [-0.39, 0.29) is 11.8 Å². The lowest BCUT2D eigenvalue weighted by atomic mass is 10.1. The molecule has 64 valence electrons. The molecule has 0 spiro atoms. The van der Waals surface area contributed by atoms with E-state index in [0.717, 1.165) is 11.1 Å². The van der Waals surface area contributed by atoms with E-state index >= 15 is 0 Å². The van der Waals surface area contributed by atoms with Gasteiger partial charge in [-0.25, -0.2) is 9.79 Å². The number of nitrogens with zero attached hydrogens (tertiary/aromatic N) is 1. The number of hydrogen-bond acceptors (Lipinski definition) is 3. The summed E-state index contributed by atoms with van der Waals surface area (Å²) < 4.78 is 5.21. The number of benzene rings is 1. The van der Waals surface area contributed by atoms with E-state index in [0.29, 0.717) is 5.90 Å². The Hall–Kier alpha value is -1.84. The van der Waals surface area contributed by atoms with Gasteiger partial charge in [0.15, 0.2) is 0 Å². The molecule has 3 aliphatic rings. The van der Waals surface area contributed by atoms with E-state index < -0.39 is 5.97 Å². The van der Waals surface area contributed by atoms with E-state index in [1.54, 1.807) is 18.2 Å². The van der Waals surface area contributed by atoms with Crippen LogP contribution in [0.4, 0.5) is 0 Å². The van der Waals surface area contributed by atoms with Crippen molar-refractivity contribution >= 4 is 11.9 Å². The van der Waals surface area contributed by atoms with E-state index in [1.807, 2.05) is 0 Å². The molecule has 1 N–H and O–H groups in total. The fourth-order valence-corrected chi connectivity index (χ4v) is 1.58. The second-order valence-electron chi connectivity index (χ2n) is 3.01. The first-order valence-electron chi connectivity index (χ1n) is 3.88. The first kappa shape index (κ1) is 6.65. The molecule has 0 saturated heterocycles. The maximum absolute atomic E-state index is 10.6. The van der Waals surface area contributed by atoms with Crippen LogP contribution in [0.5, 0.6) is 0 Å². The Kier molecular flexibility index (Phi) is 0.974. The summed E-state index contributed by atoms with van der Waals surface area (Å²) in [4.78, 5) is 14.7. The van der Waals surface area contributed by atoms with Crippen molar-refractivity contribution in [2.24, 2.45) is 4.99 Å². The summed E-state index contributed by atoms with van der Waals surface area (Å²) in [6.45, 7) is 0. The van der Waals surface area contributed by atoms with Gasteiger partial charge < -0.3 is 9.84 Å². The standard InChI is InChI=1S/C9H5NO3/c11-9(12)4-1-2-5-6(3-4)8-10-7(5)13-8/h1-3,7H,(H,11,12). The Morgan fingerprint density at radius 2 is 2.31 bits per heavy atom. The van der Waals surface area contributed by atoms with Crippen molar-refractivity contribution in [1.82, 2.24) is 0 Å². The Morgan fingerprint density at radius 1 is 1.54 bits per heavy atom. The van der Waals surface area contributed by atoms with Gasteiger partial charge in [0.1, 0.15) is 0 Å². The number of carbonyl (C=O) groups is 1. The summed E-state index contributed by atoms with van der Waals surface area (Å²) in [7, 11) is 0. The van der Waals surface area contributed by atoms with Gasteiger partial charge in [-0.1, -0.05) is 6.07 Å². The van der Waals surface area contributed by atoms with Crippen LogP contribution in [0.2, 0.25) is 0 Å². The molecule has 0 aromatic heterocycles. The summed E-state index contributed by atoms with van der Waals surface area (Å²) >= 11 is 0. The van der Waals surface area contributed by atoms with Gasteiger partial charge in [0.2, 0.25) is 12.1 Å². The molecule has 1 unspecified atom stereocenters. The van der Waals surface area contributed by atoms with Crippen LogP contribution < -0.4 is 0 Å². The van der Waals surface area contributed by atoms with Crippen LogP contribution in [0.25, 0.3) is 0 Å². The number of carboxylic acid groups (broad SMARTS) is 1. The van der Waals surface area contributed by atoms with Gasteiger partial charge in [-0.05, 0) is 12.1 Å². The van der Waals surface area contributed by atoms with Gasteiger partial charge >= 0.3 is 5.97 Å². The van der Waals surface area contributed by atoms with E-state index in [2.05, 4.69) is 4.99 Å². The zero-order chi connectivity index (χ0) is 9.00. The van der Waals surface area contributed by atoms with Crippen molar-refractivity contribution in [2.45, 2.75) is 6.23 Å². The normalized spacial score (nSPS) is 21.2. The highest BCUT2D eigenvalue weighted by molar-refractivity contribution is 6.04. The summed E-state index contributed by atoms with van der Waals surface area (Å²) in [6.07, 6.45) is -0.173. The third-order valence-corrected chi connectivity index (χ3v) is 2.25. The van der Waals surface area contributed by atoms with Crippen molar-refractivity contribution in [3.63, 3.8) is 0 Å². The lowest BCUT2D eigenvalue weighted by Gasteiger charge is -2.12. The summed E-state index contributed by atoms with van der Waals surface area (Å²) in [6, 6.07) is 4.93. The summed E-state index contributed by atoms with van der Waals surface area (Å²) in [5.74, 6) is -0.351. The molecule has 1 aromatic carbocycles. The molecule has 13 heavy (non-hydrogen) atoms. The quantitative estimate of drug-likeness (QED) is 0.697. The molecule has 0 amide bonds. The lowest BCUT2D eigenvalue weighted by molar-refractivity contribution is 0.0697. The van der Waals surface area contributed by atoms with Gasteiger partial charge in [0.25, 0.3) is 0 Å². The number of rotatable bonds is 1. The predicted octanol–water partition coefficient (Wildman–Crippen LogP) is 1.17. The fraction of sp³-hybridized carbons (Fsp3) is 0.111. The minimum atomic E-state index is -0.924. The number of aliphatic imine (C=N–C) groups is 1. The van der Waals surface area contributed by atoms with Crippen molar-refractivity contribution < 1.29 is 14.6 Å². The number of aromatic carboxylic acids is 1.